The number of rotatable bonds is 5. The zero-order chi connectivity index (χ0) is 14.5. The Hall–Kier alpha value is -2.17. The van der Waals surface area contributed by atoms with Gasteiger partial charge in [0.2, 0.25) is 5.95 Å². The van der Waals surface area contributed by atoms with Crippen molar-refractivity contribution in [2.45, 2.75) is 27.2 Å². The van der Waals surface area contributed by atoms with Crippen LogP contribution in [-0.4, -0.2) is 28.6 Å². The number of aromatic nitrogens is 3. The molecule has 0 atom stereocenters. The first-order valence-corrected chi connectivity index (χ1v) is 6.78. The first kappa shape index (κ1) is 14.2. The first-order chi connectivity index (χ1) is 9.63. The van der Waals surface area contributed by atoms with Crippen molar-refractivity contribution >= 4 is 5.95 Å². The number of benzene rings is 1. The van der Waals surface area contributed by atoms with Crippen LogP contribution in [0.4, 0.5) is 5.95 Å². The van der Waals surface area contributed by atoms with Crippen molar-refractivity contribution in [3.63, 3.8) is 0 Å². The average molecular weight is 272 g/mol. The van der Waals surface area contributed by atoms with Crippen LogP contribution in [-0.2, 0) is 0 Å². The van der Waals surface area contributed by atoms with E-state index in [1.165, 1.54) is 5.56 Å². The largest absolute Gasteiger partial charge is 0.463 e. The summed E-state index contributed by atoms with van der Waals surface area (Å²) in [5, 5.41) is 2.95. The van der Waals surface area contributed by atoms with Crippen molar-refractivity contribution < 1.29 is 4.74 Å². The van der Waals surface area contributed by atoms with Crippen LogP contribution in [0.1, 0.15) is 24.5 Å². The van der Waals surface area contributed by atoms with Crippen LogP contribution >= 0.6 is 0 Å². The van der Waals surface area contributed by atoms with Crippen LogP contribution in [0.3, 0.4) is 0 Å². The number of hydrogen-bond donors (Lipinski definition) is 1. The van der Waals surface area contributed by atoms with E-state index in [0.29, 0.717) is 24.4 Å². The number of nitrogens with one attached hydrogen (secondary N) is 1. The zero-order valence-corrected chi connectivity index (χ0v) is 12.4. The second kappa shape index (κ2) is 6.32. The van der Waals surface area contributed by atoms with Gasteiger partial charge < -0.3 is 10.1 Å². The van der Waals surface area contributed by atoms with Crippen molar-refractivity contribution in [3.05, 3.63) is 29.3 Å². The highest BCUT2D eigenvalue weighted by Crippen LogP contribution is 2.23. The molecule has 0 saturated carbocycles. The van der Waals surface area contributed by atoms with E-state index in [1.807, 2.05) is 13.8 Å². The summed E-state index contributed by atoms with van der Waals surface area (Å²) in [6.07, 6.45) is 0.916. The Morgan fingerprint density at radius 1 is 1.15 bits per heavy atom. The quantitative estimate of drug-likeness (QED) is 0.906. The van der Waals surface area contributed by atoms with Crippen molar-refractivity contribution in [2.24, 2.45) is 0 Å². The summed E-state index contributed by atoms with van der Waals surface area (Å²) in [6, 6.07) is 6.59. The molecule has 1 aromatic heterocycles. The third-order valence-electron chi connectivity index (χ3n) is 2.91. The van der Waals surface area contributed by atoms with E-state index in [4.69, 9.17) is 4.74 Å². The monoisotopic (exact) mass is 272 g/mol. The normalized spacial score (nSPS) is 10.4. The Bertz CT molecular complexity index is 598. The van der Waals surface area contributed by atoms with Gasteiger partial charge in [-0.05, 0) is 31.9 Å². The molecule has 5 nitrogen and oxygen atoms in total. The molecule has 20 heavy (non-hydrogen) atoms. The molecular formula is C15H20N4O. The molecule has 0 fully saturated rings. The predicted octanol–water partition coefficient (Wildman–Crippen LogP) is 2.99. The second-order valence-corrected chi connectivity index (χ2v) is 4.68. The molecule has 0 aliphatic heterocycles. The molecule has 0 radical (unpaired) electrons. The molecule has 1 aromatic carbocycles. The Kier molecular flexibility index (Phi) is 4.50. The molecule has 0 saturated heterocycles. The Morgan fingerprint density at radius 2 is 1.95 bits per heavy atom. The Morgan fingerprint density at radius 3 is 2.65 bits per heavy atom. The molecule has 106 valence electrons. The summed E-state index contributed by atoms with van der Waals surface area (Å²) in [6.45, 7) is 6.74. The van der Waals surface area contributed by atoms with E-state index in [1.54, 1.807) is 7.05 Å². The fourth-order valence-corrected chi connectivity index (χ4v) is 1.82. The molecular weight excluding hydrogens is 252 g/mol. The van der Waals surface area contributed by atoms with Crippen LogP contribution in [0.15, 0.2) is 18.2 Å². The summed E-state index contributed by atoms with van der Waals surface area (Å²) in [4.78, 5) is 13.0. The summed E-state index contributed by atoms with van der Waals surface area (Å²) in [5.74, 6) is 1.15. The lowest BCUT2D eigenvalue weighted by atomic mass is 10.1. The van der Waals surface area contributed by atoms with Crippen LogP contribution in [0.5, 0.6) is 6.01 Å². The summed E-state index contributed by atoms with van der Waals surface area (Å²) >= 11 is 0. The molecule has 1 N–H and O–H groups in total. The standard InChI is InChI=1S/C15H20N4O/c1-5-8-20-15-18-13(17-14(16-4)19-15)12-9-10(2)6-7-11(12)3/h6-7,9H,5,8H2,1-4H3,(H,16,17,18,19). The maximum Gasteiger partial charge on any atom is 0.321 e. The van der Waals surface area contributed by atoms with Gasteiger partial charge in [-0.25, -0.2) is 0 Å². The van der Waals surface area contributed by atoms with E-state index >= 15 is 0 Å². The third-order valence-corrected chi connectivity index (χ3v) is 2.91. The Labute approximate surface area is 119 Å². The number of hydrogen-bond acceptors (Lipinski definition) is 5. The molecule has 2 rings (SSSR count). The molecule has 5 heteroatoms. The summed E-state index contributed by atoms with van der Waals surface area (Å²) in [7, 11) is 1.78. The predicted molar refractivity (Wildman–Crippen MR) is 80.1 cm³/mol. The highest BCUT2D eigenvalue weighted by atomic mass is 16.5. The maximum absolute atomic E-state index is 5.53. The van der Waals surface area contributed by atoms with E-state index < -0.39 is 0 Å². The highest BCUT2D eigenvalue weighted by Gasteiger charge is 2.11. The fourth-order valence-electron chi connectivity index (χ4n) is 1.82. The van der Waals surface area contributed by atoms with E-state index in [0.717, 1.165) is 17.5 Å². The van der Waals surface area contributed by atoms with Gasteiger partial charge in [-0.2, -0.15) is 15.0 Å². The van der Waals surface area contributed by atoms with Gasteiger partial charge in [0.25, 0.3) is 0 Å². The van der Waals surface area contributed by atoms with Gasteiger partial charge in [0.1, 0.15) is 0 Å². The van der Waals surface area contributed by atoms with Crippen LogP contribution < -0.4 is 10.1 Å². The molecule has 0 aliphatic rings. The average Bonchev–Trinajstić information content (AvgIpc) is 2.47. The minimum Gasteiger partial charge on any atom is -0.463 e. The SMILES string of the molecule is CCCOc1nc(NC)nc(-c2cc(C)ccc2C)n1. The Balaban J connectivity index is 2.46. The van der Waals surface area contributed by atoms with Gasteiger partial charge in [-0.15, -0.1) is 0 Å². The lowest BCUT2D eigenvalue weighted by molar-refractivity contribution is 0.292. The van der Waals surface area contributed by atoms with Crippen LogP contribution in [0, 0.1) is 13.8 Å². The molecule has 1 heterocycles. The van der Waals surface area contributed by atoms with Gasteiger partial charge in [-0.1, -0.05) is 24.6 Å². The minimum absolute atomic E-state index is 0.363. The van der Waals surface area contributed by atoms with Crippen LogP contribution in [0.2, 0.25) is 0 Å². The molecule has 0 amide bonds. The molecule has 2 aromatic rings. The fraction of sp³-hybridized carbons (Fsp3) is 0.400. The van der Waals surface area contributed by atoms with Gasteiger partial charge in [0.05, 0.1) is 6.61 Å². The van der Waals surface area contributed by atoms with Crippen molar-refractivity contribution in [1.82, 2.24) is 15.0 Å². The number of anilines is 1. The molecule has 0 bridgehead atoms. The van der Waals surface area contributed by atoms with Crippen LogP contribution in [0.25, 0.3) is 11.4 Å². The molecule has 0 unspecified atom stereocenters. The zero-order valence-electron chi connectivity index (χ0n) is 12.4. The van der Waals surface area contributed by atoms with E-state index in [2.05, 4.69) is 45.4 Å². The van der Waals surface area contributed by atoms with Gasteiger partial charge in [0, 0.05) is 12.6 Å². The van der Waals surface area contributed by atoms with E-state index in [-0.39, 0.29) is 0 Å². The number of aryl methyl sites for hydroxylation is 2. The smallest absolute Gasteiger partial charge is 0.321 e. The number of ether oxygens (including phenoxy) is 1. The lowest BCUT2D eigenvalue weighted by Crippen LogP contribution is -2.06. The summed E-state index contributed by atoms with van der Waals surface area (Å²) in [5.41, 5.74) is 3.31. The maximum atomic E-state index is 5.53. The van der Waals surface area contributed by atoms with E-state index in [9.17, 15) is 0 Å². The lowest BCUT2D eigenvalue weighted by Gasteiger charge is -2.09. The van der Waals surface area contributed by atoms with Gasteiger partial charge in [0.15, 0.2) is 5.82 Å². The molecule has 0 spiro atoms. The third kappa shape index (κ3) is 3.23. The first-order valence-electron chi connectivity index (χ1n) is 6.78. The van der Waals surface area contributed by atoms with Gasteiger partial charge in [-0.3, -0.25) is 0 Å². The number of nitrogens with zero attached hydrogens (tertiary/aromatic N) is 3. The van der Waals surface area contributed by atoms with Gasteiger partial charge >= 0.3 is 6.01 Å². The van der Waals surface area contributed by atoms with Crippen molar-refractivity contribution in [2.75, 3.05) is 19.0 Å². The minimum atomic E-state index is 0.363. The van der Waals surface area contributed by atoms with Crippen molar-refractivity contribution in [1.29, 1.82) is 0 Å². The second-order valence-electron chi connectivity index (χ2n) is 4.68. The van der Waals surface area contributed by atoms with Crippen molar-refractivity contribution in [3.8, 4) is 17.4 Å². The summed E-state index contributed by atoms with van der Waals surface area (Å²) < 4.78 is 5.53. The molecule has 0 aliphatic carbocycles. The highest BCUT2D eigenvalue weighted by molar-refractivity contribution is 5.62. The topological polar surface area (TPSA) is 59.9 Å².